The molecular weight excluding hydrogens is 306 g/mol. The van der Waals surface area contributed by atoms with Crippen molar-refractivity contribution in [2.75, 3.05) is 6.61 Å². The lowest BCUT2D eigenvalue weighted by atomic mass is 10.2. The largest absolute Gasteiger partial charge is 0.482 e. The molecule has 1 aromatic rings. The van der Waals surface area contributed by atoms with Gasteiger partial charge in [0.2, 0.25) is 10.0 Å². The van der Waals surface area contributed by atoms with Gasteiger partial charge in [-0.1, -0.05) is 0 Å². The summed E-state index contributed by atoms with van der Waals surface area (Å²) in [6, 6.07) is 1.79. The van der Waals surface area contributed by atoms with Crippen molar-refractivity contribution in [3.63, 3.8) is 0 Å². The number of carbonyl (C=O) groups is 3. The number of rotatable bonds is 5. The van der Waals surface area contributed by atoms with E-state index in [4.69, 9.17) is 20.7 Å². The van der Waals surface area contributed by atoms with Crippen LogP contribution in [0.5, 0.6) is 5.75 Å². The van der Waals surface area contributed by atoms with Crippen LogP contribution in [0.3, 0.4) is 0 Å². The fourth-order valence-electron chi connectivity index (χ4n) is 1.30. The molecule has 21 heavy (non-hydrogen) atoms. The van der Waals surface area contributed by atoms with Crippen molar-refractivity contribution in [2.24, 2.45) is 10.9 Å². The first-order valence-electron chi connectivity index (χ1n) is 5.23. The Balaban J connectivity index is 3.04. The maximum Gasteiger partial charge on any atom is 0.335 e. The van der Waals surface area contributed by atoms with Crippen LogP contribution in [0.4, 0.5) is 4.79 Å². The molecule has 0 bridgehead atoms. The molecule has 3 amide bonds. The molecule has 6 N–H and O–H groups in total. The third kappa shape index (κ3) is 4.74. The molecule has 0 aliphatic rings. The number of benzene rings is 1. The number of primary amides is 1. The summed E-state index contributed by atoms with van der Waals surface area (Å²) in [4.78, 5) is 31.8. The Morgan fingerprint density at radius 3 is 2.38 bits per heavy atom. The van der Waals surface area contributed by atoms with Gasteiger partial charge in [0.1, 0.15) is 10.6 Å². The number of imide groups is 1. The molecule has 0 saturated heterocycles. The average Bonchev–Trinajstić information content (AvgIpc) is 2.34. The summed E-state index contributed by atoms with van der Waals surface area (Å²) in [7, 11) is -4.27. The minimum atomic E-state index is -4.27. The Bertz CT molecular complexity index is 699. The van der Waals surface area contributed by atoms with Gasteiger partial charge in [0.25, 0.3) is 5.91 Å². The molecule has 114 valence electrons. The lowest BCUT2D eigenvalue weighted by Crippen LogP contribution is -2.38. The molecule has 10 nitrogen and oxygen atoms in total. The van der Waals surface area contributed by atoms with E-state index in [0.717, 1.165) is 18.2 Å². The van der Waals surface area contributed by atoms with Gasteiger partial charge >= 0.3 is 12.0 Å². The zero-order chi connectivity index (χ0) is 16.2. The molecule has 0 atom stereocenters. The molecular formula is C10H11N3O7S. The molecule has 0 aliphatic heterocycles. The van der Waals surface area contributed by atoms with Crippen molar-refractivity contribution < 1.29 is 32.6 Å². The Labute approximate surface area is 118 Å². The third-order valence-corrected chi connectivity index (χ3v) is 3.05. The van der Waals surface area contributed by atoms with Crippen molar-refractivity contribution in [1.82, 2.24) is 5.32 Å². The van der Waals surface area contributed by atoms with Crippen molar-refractivity contribution >= 4 is 27.9 Å². The summed E-state index contributed by atoms with van der Waals surface area (Å²) in [6.07, 6.45) is 0. The van der Waals surface area contributed by atoms with Crippen LogP contribution in [0.1, 0.15) is 10.4 Å². The van der Waals surface area contributed by atoms with E-state index in [-0.39, 0.29) is 11.3 Å². The molecule has 0 radical (unpaired) electrons. The van der Waals surface area contributed by atoms with Gasteiger partial charge in [-0.3, -0.25) is 10.1 Å². The van der Waals surface area contributed by atoms with E-state index in [9.17, 15) is 22.8 Å². The van der Waals surface area contributed by atoms with Crippen LogP contribution in [-0.4, -0.2) is 38.0 Å². The standard InChI is InChI=1S/C10H11N3O7S/c11-10(17)13-8(14)4-20-6-2-1-5(9(15)16)3-7(6)21(12,18)19/h1-3H,4H2,(H,15,16)(H2,12,18,19)(H3,11,13,14,17). The van der Waals surface area contributed by atoms with Crippen LogP contribution in [0.15, 0.2) is 23.1 Å². The third-order valence-electron chi connectivity index (χ3n) is 2.12. The number of primary sulfonamides is 1. The maximum absolute atomic E-state index is 11.4. The van der Waals surface area contributed by atoms with Gasteiger partial charge in [-0.25, -0.2) is 23.1 Å². The molecule has 0 aliphatic carbocycles. The number of hydrogen-bond donors (Lipinski definition) is 4. The first kappa shape index (κ1) is 16.4. The number of urea groups is 1. The second kappa shape index (κ2) is 6.19. The van der Waals surface area contributed by atoms with Gasteiger partial charge in [0, 0.05) is 0 Å². The molecule has 0 fully saturated rings. The second-order valence-corrected chi connectivity index (χ2v) is 5.24. The molecule has 0 saturated carbocycles. The predicted molar refractivity (Wildman–Crippen MR) is 68.0 cm³/mol. The number of amides is 3. The lowest BCUT2D eigenvalue weighted by molar-refractivity contribution is -0.122. The Kier molecular flexibility index (Phi) is 4.84. The minimum absolute atomic E-state index is 0.326. The number of ether oxygens (including phenoxy) is 1. The van der Waals surface area contributed by atoms with E-state index in [1.807, 2.05) is 0 Å². The van der Waals surface area contributed by atoms with E-state index in [2.05, 4.69) is 0 Å². The van der Waals surface area contributed by atoms with E-state index in [1.54, 1.807) is 5.32 Å². The van der Waals surface area contributed by atoms with Crippen molar-refractivity contribution in [1.29, 1.82) is 0 Å². The van der Waals surface area contributed by atoms with Crippen LogP contribution >= 0.6 is 0 Å². The first-order valence-corrected chi connectivity index (χ1v) is 6.78. The van der Waals surface area contributed by atoms with E-state index in [1.165, 1.54) is 0 Å². The van der Waals surface area contributed by atoms with Gasteiger partial charge in [-0.05, 0) is 18.2 Å². The van der Waals surface area contributed by atoms with Crippen LogP contribution in [0.25, 0.3) is 0 Å². The normalized spacial score (nSPS) is 10.7. The summed E-state index contributed by atoms with van der Waals surface area (Å²) < 4.78 is 27.7. The summed E-state index contributed by atoms with van der Waals surface area (Å²) in [5.74, 6) is -2.61. The number of carboxylic acid groups (broad SMARTS) is 1. The van der Waals surface area contributed by atoms with Crippen LogP contribution in [0, 0.1) is 0 Å². The molecule has 0 spiro atoms. The van der Waals surface area contributed by atoms with Gasteiger partial charge < -0.3 is 15.6 Å². The molecule has 0 aromatic heterocycles. The monoisotopic (exact) mass is 317 g/mol. The first-order chi connectivity index (χ1) is 9.61. The summed E-state index contributed by atoms with van der Waals surface area (Å²) in [5, 5.41) is 15.4. The SMILES string of the molecule is NC(=O)NC(=O)COc1ccc(C(=O)O)cc1S(N)(=O)=O. The van der Waals surface area contributed by atoms with E-state index >= 15 is 0 Å². The summed E-state index contributed by atoms with van der Waals surface area (Å²) >= 11 is 0. The van der Waals surface area contributed by atoms with Crippen molar-refractivity contribution in [3.8, 4) is 5.75 Å². The molecule has 0 heterocycles. The van der Waals surface area contributed by atoms with Crippen LogP contribution < -0.4 is 20.9 Å². The van der Waals surface area contributed by atoms with E-state index < -0.39 is 39.4 Å². The second-order valence-electron chi connectivity index (χ2n) is 3.71. The number of carboxylic acids is 1. The Hall–Kier alpha value is -2.66. The number of sulfonamides is 1. The zero-order valence-electron chi connectivity index (χ0n) is 10.4. The fourth-order valence-corrected chi connectivity index (χ4v) is 2.00. The number of nitrogens with two attached hydrogens (primary N) is 2. The highest BCUT2D eigenvalue weighted by Crippen LogP contribution is 2.24. The lowest BCUT2D eigenvalue weighted by Gasteiger charge is -2.10. The minimum Gasteiger partial charge on any atom is -0.482 e. The highest BCUT2D eigenvalue weighted by Gasteiger charge is 2.19. The molecule has 0 unspecified atom stereocenters. The predicted octanol–water partition coefficient (Wildman–Crippen LogP) is -1.39. The van der Waals surface area contributed by atoms with Crippen molar-refractivity contribution in [2.45, 2.75) is 4.90 Å². The topological polar surface area (TPSA) is 179 Å². The van der Waals surface area contributed by atoms with Crippen molar-refractivity contribution in [3.05, 3.63) is 23.8 Å². The zero-order valence-corrected chi connectivity index (χ0v) is 11.2. The number of nitrogens with one attached hydrogen (secondary N) is 1. The maximum atomic E-state index is 11.4. The number of aromatic carboxylic acids is 1. The molecule has 1 aromatic carbocycles. The Morgan fingerprint density at radius 2 is 1.90 bits per heavy atom. The van der Waals surface area contributed by atoms with Gasteiger partial charge in [0.05, 0.1) is 5.56 Å². The molecule has 1 rings (SSSR count). The van der Waals surface area contributed by atoms with Crippen LogP contribution in [0.2, 0.25) is 0 Å². The van der Waals surface area contributed by atoms with Gasteiger partial charge in [-0.2, -0.15) is 0 Å². The molecule has 11 heteroatoms. The summed E-state index contributed by atoms with van der Waals surface area (Å²) in [6.45, 7) is -0.710. The van der Waals surface area contributed by atoms with Crippen LogP contribution in [-0.2, 0) is 14.8 Å². The highest BCUT2D eigenvalue weighted by atomic mass is 32.2. The quantitative estimate of drug-likeness (QED) is 0.515. The average molecular weight is 317 g/mol. The van der Waals surface area contributed by atoms with Gasteiger partial charge in [0.15, 0.2) is 6.61 Å². The number of carbonyl (C=O) groups excluding carboxylic acids is 2. The van der Waals surface area contributed by atoms with Gasteiger partial charge in [-0.15, -0.1) is 0 Å². The highest BCUT2D eigenvalue weighted by molar-refractivity contribution is 7.89. The fraction of sp³-hybridized carbons (Fsp3) is 0.100. The Morgan fingerprint density at radius 1 is 1.29 bits per heavy atom. The summed E-state index contributed by atoms with van der Waals surface area (Å²) in [5.41, 5.74) is 4.38. The smallest absolute Gasteiger partial charge is 0.335 e. The number of hydrogen-bond acceptors (Lipinski definition) is 6. The van der Waals surface area contributed by atoms with E-state index in [0.29, 0.717) is 0 Å².